The molecule has 4 rings (SSSR count). The number of alkyl halides is 3. The maximum Gasteiger partial charge on any atom is 0.416 e. The van der Waals surface area contributed by atoms with E-state index in [1.807, 2.05) is 0 Å². The van der Waals surface area contributed by atoms with Gasteiger partial charge in [0, 0.05) is 12.1 Å². The number of sulfonamides is 1. The van der Waals surface area contributed by atoms with Crippen molar-refractivity contribution in [2.45, 2.75) is 54.2 Å². The van der Waals surface area contributed by atoms with Crippen molar-refractivity contribution in [1.82, 2.24) is 4.72 Å². The van der Waals surface area contributed by atoms with Gasteiger partial charge in [0.2, 0.25) is 10.0 Å². The Bertz CT molecular complexity index is 1900. The maximum atomic E-state index is 15.4. The van der Waals surface area contributed by atoms with Crippen LogP contribution in [0.25, 0.3) is 0 Å². The number of benzene rings is 3. The van der Waals surface area contributed by atoms with E-state index in [4.69, 9.17) is 8.92 Å². The summed E-state index contributed by atoms with van der Waals surface area (Å²) >= 11 is 0. The molecule has 0 aliphatic heterocycles. The normalized spacial score (nSPS) is 21.0. The minimum Gasteiger partial charge on any atom is -0.497 e. The summed E-state index contributed by atoms with van der Waals surface area (Å²) in [5.41, 5.74) is -1.17. The maximum absolute atomic E-state index is 15.4. The molecule has 0 radical (unpaired) electrons. The van der Waals surface area contributed by atoms with Crippen LogP contribution in [0.2, 0.25) is 0 Å². The van der Waals surface area contributed by atoms with Crippen LogP contribution in [0.3, 0.4) is 0 Å². The van der Waals surface area contributed by atoms with E-state index in [-0.39, 0.29) is 19.4 Å². The Morgan fingerprint density at radius 2 is 1.55 bits per heavy atom. The van der Waals surface area contributed by atoms with Crippen LogP contribution in [0.5, 0.6) is 5.75 Å². The molecule has 1 aliphatic carbocycles. The first-order valence-electron chi connectivity index (χ1n) is 14.1. The highest BCUT2D eigenvalue weighted by Crippen LogP contribution is 2.51. The lowest BCUT2D eigenvalue weighted by molar-refractivity contribution is -0.137. The van der Waals surface area contributed by atoms with E-state index in [1.165, 1.54) is 7.11 Å². The largest absolute Gasteiger partial charge is 0.497 e. The number of ether oxygens (including phenoxy) is 1. The van der Waals surface area contributed by atoms with Crippen molar-refractivity contribution < 1.29 is 56.1 Å². The molecule has 0 amide bonds. The number of methoxy groups -OCH3 is 1. The summed E-state index contributed by atoms with van der Waals surface area (Å²) in [6.45, 7) is -0.110. The summed E-state index contributed by atoms with van der Waals surface area (Å²) in [6.07, 6.45) is -7.14. The lowest BCUT2D eigenvalue weighted by atomic mass is 9.74. The number of halogens is 5. The van der Waals surface area contributed by atoms with Crippen molar-refractivity contribution in [2.75, 3.05) is 19.1 Å². The zero-order valence-electron chi connectivity index (χ0n) is 25.1. The molecule has 3 aromatic carbocycles. The van der Waals surface area contributed by atoms with Gasteiger partial charge in [-0.1, -0.05) is 12.1 Å². The molecule has 0 unspecified atom stereocenters. The summed E-state index contributed by atoms with van der Waals surface area (Å²) in [5.74, 6) is -3.37. The van der Waals surface area contributed by atoms with E-state index in [0.717, 1.165) is 12.3 Å². The van der Waals surface area contributed by atoms with Crippen molar-refractivity contribution in [2.24, 2.45) is 5.92 Å². The van der Waals surface area contributed by atoms with Gasteiger partial charge in [0.25, 0.3) is 10.1 Å². The third-order valence-corrected chi connectivity index (χ3v) is 12.6. The van der Waals surface area contributed by atoms with Gasteiger partial charge in [-0.05, 0) is 91.8 Å². The fourth-order valence-corrected chi connectivity index (χ4v) is 9.81. The molecule has 258 valence electrons. The Morgan fingerprint density at radius 1 is 0.915 bits per heavy atom. The van der Waals surface area contributed by atoms with Gasteiger partial charge in [-0.3, -0.25) is 4.18 Å². The van der Waals surface area contributed by atoms with Crippen molar-refractivity contribution in [3.05, 3.63) is 95.1 Å². The summed E-state index contributed by atoms with van der Waals surface area (Å²) in [6, 6.07) is 11.1. The molecule has 0 aromatic heterocycles. The Kier molecular flexibility index (Phi) is 10.8. The molecule has 0 bridgehead atoms. The molecule has 9 nitrogen and oxygen atoms in total. The SMILES string of the molecule is COc1ccc(CNS(=O)(=O)CC[C@H]2C[C@@](c3cc(F)ccc3F)(S(=O)(=O)c3ccc(C(F)(F)F)cc3)CC[C@@H]2OS(C)(=O)=O)cc1. The van der Waals surface area contributed by atoms with E-state index < -0.39 is 99.2 Å². The van der Waals surface area contributed by atoms with Gasteiger partial charge in [0.15, 0.2) is 9.84 Å². The topological polar surface area (TPSA) is 133 Å². The first kappa shape index (κ1) is 36.7. The third-order valence-electron chi connectivity index (χ3n) is 8.09. The molecule has 1 N–H and O–H groups in total. The van der Waals surface area contributed by atoms with Crippen LogP contribution < -0.4 is 9.46 Å². The number of hydrogen-bond acceptors (Lipinski definition) is 8. The highest BCUT2D eigenvalue weighted by atomic mass is 32.2. The van der Waals surface area contributed by atoms with E-state index >= 15 is 4.39 Å². The van der Waals surface area contributed by atoms with Gasteiger partial charge in [0.05, 0.1) is 35.7 Å². The molecule has 0 saturated heterocycles. The average molecular weight is 726 g/mol. The monoisotopic (exact) mass is 725 g/mol. The summed E-state index contributed by atoms with van der Waals surface area (Å²) < 4.78 is 159. The molecule has 1 aliphatic rings. The van der Waals surface area contributed by atoms with Crippen molar-refractivity contribution in [1.29, 1.82) is 0 Å². The highest BCUT2D eigenvalue weighted by molar-refractivity contribution is 7.92. The number of nitrogens with one attached hydrogen (secondary N) is 1. The second-order valence-corrected chi connectivity index (χ2v) is 17.0. The molecule has 1 fully saturated rings. The van der Waals surface area contributed by atoms with E-state index in [0.29, 0.717) is 47.7 Å². The molecular weight excluding hydrogens is 694 g/mol. The van der Waals surface area contributed by atoms with Crippen LogP contribution >= 0.6 is 0 Å². The summed E-state index contributed by atoms with van der Waals surface area (Å²) in [7, 11) is -11.6. The lowest BCUT2D eigenvalue weighted by Crippen LogP contribution is -2.47. The van der Waals surface area contributed by atoms with Crippen LogP contribution in [0.15, 0.2) is 71.6 Å². The van der Waals surface area contributed by atoms with Gasteiger partial charge < -0.3 is 4.74 Å². The fourth-order valence-electron chi connectivity index (χ4n) is 5.75. The third kappa shape index (κ3) is 8.68. The molecule has 3 atom stereocenters. The predicted octanol–water partition coefficient (Wildman–Crippen LogP) is 5.32. The number of rotatable bonds is 12. The van der Waals surface area contributed by atoms with Crippen LogP contribution in [-0.2, 0) is 51.6 Å². The van der Waals surface area contributed by atoms with Crippen molar-refractivity contribution >= 4 is 30.0 Å². The van der Waals surface area contributed by atoms with Crippen LogP contribution in [0, 0.1) is 17.6 Å². The Balaban J connectivity index is 1.72. The highest BCUT2D eigenvalue weighted by Gasteiger charge is 2.54. The lowest BCUT2D eigenvalue weighted by Gasteiger charge is -2.44. The van der Waals surface area contributed by atoms with Gasteiger partial charge in [-0.15, -0.1) is 0 Å². The van der Waals surface area contributed by atoms with E-state index in [9.17, 15) is 42.8 Å². The molecule has 0 heterocycles. The van der Waals surface area contributed by atoms with Gasteiger partial charge in [-0.2, -0.15) is 21.6 Å². The molecule has 0 spiro atoms. The Hall–Kier alpha value is -3.12. The molecule has 17 heteroatoms. The van der Waals surface area contributed by atoms with Crippen LogP contribution in [0.1, 0.15) is 42.4 Å². The minimum atomic E-state index is -4.84. The van der Waals surface area contributed by atoms with Crippen molar-refractivity contribution in [3.63, 3.8) is 0 Å². The quantitative estimate of drug-likeness (QED) is 0.196. The second kappa shape index (κ2) is 13.8. The standard InChI is InChI=1S/C30H32F5NO8S3/c1-43-24-8-3-20(4-9-24)19-36-46(39,40)16-14-21-18-29(15-13-28(21)44-45(2,37)38,26-17-23(31)7-12-27(26)32)47(41,42)25-10-5-22(6-11-25)30(33,34)35/h3-12,17,21,28,36H,13-16,18-19H2,1-2H3/t21-,28-,29-/m0/s1. The van der Waals surface area contributed by atoms with Gasteiger partial charge in [0.1, 0.15) is 22.1 Å². The zero-order valence-corrected chi connectivity index (χ0v) is 27.6. The molecule has 3 aromatic rings. The zero-order chi connectivity index (χ0) is 34.8. The average Bonchev–Trinajstić information content (AvgIpc) is 3.00. The molecule has 47 heavy (non-hydrogen) atoms. The van der Waals surface area contributed by atoms with Crippen LogP contribution in [-0.4, -0.2) is 50.5 Å². The molecule has 1 saturated carbocycles. The Morgan fingerprint density at radius 3 is 2.13 bits per heavy atom. The summed E-state index contributed by atoms with van der Waals surface area (Å²) in [5, 5.41) is 0. The number of sulfone groups is 1. The molecular formula is C30H32F5NO8S3. The number of hydrogen-bond donors (Lipinski definition) is 1. The Labute approximate surface area is 270 Å². The second-order valence-electron chi connectivity index (χ2n) is 11.3. The first-order valence-corrected chi connectivity index (χ1v) is 19.1. The summed E-state index contributed by atoms with van der Waals surface area (Å²) in [4.78, 5) is -0.621. The first-order chi connectivity index (χ1) is 21.8. The predicted molar refractivity (Wildman–Crippen MR) is 162 cm³/mol. The van der Waals surface area contributed by atoms with Gasteiger partial charge in [-0.25, -0.2) is 30.3 Å². The van der Waals surface area contributed by atoms with Crippen molar-refractivity contribution in [3.8, 4) is 5.75 Å². The van der Waals surface area contributed by atoms with E-state index in [2.05, 4.69) is 4.72 Å². The fraction of sp³-hybridized carbons (Fsp3) is 0.400. The van der Waals surface area contributed by atoms with Gasteiger partial charge >= 0.3 is 6.18 Å². The van der Waals surface area contributed by atoms with E-state index in [1.54, 1.807) is 24.3 Å². The van der Waals surface area contributed by atoms with Crippen LogP contribution in [0.4, 0.5) is 22.0 Å². The smallest absolute Gasteiger partial charge is 0.416 e. The minimum absolute atomic E-state index is 0.110.